The second-order valence-corrected chi connectivity index (χ2v) is 6.63. The Morgan fingerprint density at radius 3 is 2.42 bits per heavy atom. The van der Waals surface area contributed by atoms with E-state index in [-0.39, 0.29) is 0 Å². The van der Waals surface area contributed by atoms with E-state index in [4.69, 9.17) is 0 Å². The lowest BCUT2D eigenvalue weighted by molar-refractivity contribution is 0.202. The van der Waals surface area contributed by atoms with Crippen LogP contribution >= 0.6 is 0 Å². The monoisotopic (exact) mass is 324 g/mol. The highest BCUT2D eigenvalue weighted by Gasteiger charge is 2.16. The quantitative estimate of drug-likeness (QED) is 0.628. The van der Waals surface area contributed by atoms with Crippen LogP contribution in [0.2, 0.25) is 0 Å². The van der Waals surface area contributed by atoms with Crippen LogP contribution in [0.15, 0.2) is 48.5 Å². The first-order valence-electron chi connectivity index (χ1n) is 9.28. The molecule has 0 amide bonds. The second-order valence-electron chi connectivity index (χ2n) is 6.63. The van der Waals surface area contributed by atoms with Gasteiger partial charge in [-0.25, -0.2) is 0 Å². The normalized spacial score (nSPS) is 12.4. The molecule has 0 aliphatic rings. The largest absolute Gasteiger partial charge is 0.385 e. The highest BCUT2D eigenvalue weighted by atomic mass is 15.1. The number of benzene rings is 2. The smallest absolute Gasteiger partial charge is 0.0373 e. The molecule has 130 valence electrons. The van der Waals surface area contributed by atoms with Crippen molar-refractivity contribution in [2.45, 2.75) is 53.1 Å². The van der Waals surface area contributed by atoms with E-state index < -0.39 is 0 Å². The van der Waals surface area contributed by atoms with Gasteiger partial charge < -0.3 is 5.32 Å². The van der Waals surface area contributed by atoms with Crippen LogP contribution in [0.5, 0.6) is 0 Å². The summed E-state index contributed by atoms with van der Waals surface area (Å²) in [5, 5.41) is 3.56. The Bertz CT molecular complexity index is 607. The molecule has 2 aromatic rings. The third kappa shape index (κ3) is 5.10. The molecule has 0 aliphatic carbocycles. The van der Waals surface area contributed by atoms with Gasteiger partial charge in [-0.3, -0.25) is 4.90 Å². The van der Waals surface area contributed by atoms with Crippen LogP contribution in [0.4, 0.5) is 5.69 Å². The summed E-state index contributed by atoms with van der Waals surface area (Å²) in [5.74, 6) is 0. The van der Waals surface area contributed by atoms with Crippen molar-refractivity contribution < 1.29 is 0 Å². The lowest BCUT2D eigenvalue weighted by Gasteiger charge is -2.30. The van der Waals surface area contributed by atoms with Crippen LogP contribution in [-0.4, -0.2) is 18.0 Å². The molecule has 0 fully saturated rings. The summed E-state index contributed by atoms with van der Waals surface area (Å²) < 4.78 is 0. The number of aryl methyl sites for hydroxylation is 1. The number of anilines is 1. The molecular formula is C22H32N2. The van der Waals surface area contributed by atoms with Crippen molar-refractivity contribution in [3.63, 3.8) is 0 Å². The summed E-state index contributed by atoms with van der Waals surface area (Å²) in [4.78, 5) is 2.57. The van der Waals surface area contributed by atoms with Gasteiger partial charge in [0.2, 0.25) is 0 Å². The van der Waals surface area contributed by atoms with Crippen molar-refractivity contribution in [2.24, 2.45) is 0 Å². The summed E-state index contributed by atoms with van der Waals surface area (Å²) >= 11 is 0. The Hall–Kier alpha value is -1.80. The maximum atomic E-state index is 3.56. The Morgan fingerprint density at radius 2 is 1.75 bits per heavy atom. The van der Waals surface area contributed by atoms with Gasteiger partial charge in [0.25, 0.3) is 0 Å². The Morgan fingerprint density at radius 1 is 1.00 bits per heavy atom. The molecule has 2 rings (SSSR count). The highest BCUT2D eigenvalue weighted by molar-refractivity contribution is 5.53. The summed E-state index contributed by atoms with van der Waals surface area (Å²) in [7, 11) is 0. The Labute approximate surface area is 147 Å². The number of hydrogen-bond donors (Lipinski definition) is 1. The molecule has 0 radical (unpaired) electrons. The molecule has 0 saturated heterocycles. The summed E-state index contributed by atoms with van der Waals surface area (Å²) in [6.45, 7) is 12.1. The average Bonchev–Trinajstić information content (AvgIpc) is 2.61. The van der Waals surface area contributed by atoms with Gasteiger partial charge in [-0.1, -0.05) is 56.3 Å². The van der Waals surface area contributed by atoms with Gasteiger partial charge in [0.05, 0.1) is 0 Å². The van der Waals surface area contributed by atoms with Crippen LogP contribution in [0.1, 0.15) is 56.3 Å². The fourth-order valence-electron chi connectivity index (χ4n) is 3.08. The minimum absolute atomic E-state index is 0.410. The maximum Gasteiger partial charge on any atom is 0.0373 e. The van der Waals surface area contributed by atoms with E-state index in [0.717, 1.165) is 26.1 Å². The van der Waals surface area contributed by atoms with Gasteiger partial charge in [0.15, 0.2) is 0 Å². The zero-order chi connectivity index (χ0) is 17.4. The first kappa shape index (κ1) is 18.5. The Balaban J connectivity index is 2.17. The lowest BCUT2D eigenvalue weighted by Crippen LogP contribution is -2.27. The van der Waals surface area contributed by atoms with E-state index in [1.54, 1.807) is 0 Å². The molecule has 0 bridgehead atoms. The summed E-state index contributed by atoms with van der Waals surface area (Å²) in [6.07, 6.45) is 2.32. The van der Waals surface area contributed by atoms with Crippen LogP contribution in [0.25, 0.3) is 0 Å². The van der Waals surface area contributed by atoms with Crippen molar-refractivity contribution in [1.82, 2.24) is 4.90 Å². The Kier molecular flexibility index (Phi) is 7.33. The molecule has 1 atom stereocenters. The predicted molar refractivity (Wildman–Crippen MR) is 106 cm³/mol. The third-order valence-corrected chi connectivity index (χ3v) is 4.60. The molecule has 0 saturated carbocycles. The molecule has 0 aliphatic heterocycles. The molecule has 24 heavy (non-hydrogen) atoms. The van der Waals surface area contributed by atoms with Crippen molar-refractivity contribution in [1.29, 1.82) is 0 Å². The zero-order valence-corrected chi connectivity index (χ0v) is 15.7. The minimum Gasteiger partial charge on any atom is -0.385 e. The third-order valence-electron chi connectivity index (χ3n) is 4.60. The molecule has 2 heteroatoms. The van der Waals surface area contributed by atoms with Crippen molar-refractivity contribution >= 4 is 5.69 Å². The van der Waals surface area contributed by atoms with Gasteiger partial charge in [0.1, 0.15) is 0 Å². The molecule has 0 aromatic heterocycles. The van der Waals surface area contributed by atoms with E-state index >= 15 is 0 Å². The number of nitrogens with zero attached hydrogens (tertiary/aromatic N) is 1. The minimum atomic E-state index is 0.410. The van der Waals surface area contributed by atoms with Gasteiger partial charge in [0, 0.05) is 24.8 Å². The number of hydrogen-bond acceptors (Lipinski definition) is 2. The van der Waals surface area contributed by atoms with E-state index in [1.165, 1.54) is 28.8 Å². The average molecular weight is 325 g/mol. The van der Waals surface area contributed by atoms with Gasteiger partial charge in [-0.15, -0.1) is 0 Å². The van der Waals surface area contributed by atoms with E-state index in [9.17, 15) is 0 Å². The van der Waals surface area contributed by atoms with Crippen LogP contribution in [0, 0.1) is 6.92 Å². The zero-order valence-electron chi connectivity index (χ0n) is 15.7. The van der Waals surface area contributed by atoms with Crippen molar-refractivity contribution in [2.75, 3.05) is 18.4 Å². The molecule has 0 unspecified atom stereocenters. The molecule has 1 N–H and O–H groups in total. The van der Waals surface area contributed by atoms with E-state index in [0.29, 0.717) is 6.04 Å². The SMILES string of the molecule is CCCNc1cc([C@@H](C)N(CCC)Cc2ccccc2)ccc1C. The van der Waals surface area contributed by atoms with Gasteiger partial charge >= 0.3 is 0 Å². The van der Waals surface area contributed by atoms with Gasteiger partial charge in [-0.05, 0) is 56.0 Å². The topological polar surface area (TPSA) is 15.3 Å². The first-order chi connectivity index (χ1) is 11.7. The second kappa shape index (κ2) is 9.48. The predicted octanol–water partition coefficient (Wildman–Crippen LogP) is 5.79. The van der Waals surface area contributed by atoms with Crippen LogP contribution < -0.4 is 5.32 Å². The highest BCUT2D eigenvalue weighted by Crippen LogP contribution is 2.27. The maximum absolute atomic E-state index is 3.56. The van der Waals surface area contributed by atoms with Crippen LogP contribution in [0.3, 0.4) is 0 Å². The van der Waals surface area contributed by atoms with Gasteiger partial charge in [-0.2, -0.15) is 0 Å². The van der Waals surface area contributed by atoms with Crippen LogP contribution in [-0.2, 0) is 6.54 Å². The summed E-state index contributed by atoms with van der Waals surface area (Å²) in [5.41, 5.74) is 5.37. The molecular weight excluding hydrogens is 292 g/mol. The first-order valence-corrected chi connectivity index (χ1v) is 9.28. The van der Waals surface area contributed by atoms with Crippen molar-refractivity contribution in [3.05, 3.63) is 65.2 Å². The van der Waals surface area contributed by atoms with E-state index in [1.807, 2.05) is 0 Å². The standard InChI is InChI=1S/C22H32N2/c1-5-14-23-22-16-21(13-12-18(22)3)19(4)24(15-6-2)17-20-10-8-7-9-11-20/h7-13,16,19,23H,5-6,14-15,17H2,1-4H3/t19-/m1/s1. The lowest BCUT2D eigenvalue weighted by atomic mass is 10.0. The molecule has 0 heterocycles. The number of rotatable bonds is 9. The number of nitrogens with one attached hydrogen (secondary N) is 1. The molecule has 0 spiro atoms. The van der Waals surface area contributed by atoms with E-state index in [2.05, 4.69) is 86.4 Å². The molecule has 2 aromatic carbocycles. The van der Waals surface area contributed by atoms with Crippen molar-refractivity contribution in [3.8, 4) is 0 Å². The summed E-state index contributed by atoms with van der Waals surface area (Å²) in [6, 6.07) is 18.1. The fourth-order valence-corrected chi connectivity index (χ4v) is 3.08. The fraction of sp³-hybridized carbons (Fsp3) is 0.455. The molecule has 2 nitrogen and oxygen atoms in total.